The highest BCUT2D eigenvalue weighted by molar-refractivity contribution is 6.37. The molecule has 4 aliphatic heterocycles. The topological polar surface area (TPSA) is 78.5 Å². The largest absolute Gasteiger partial charge is 0.325 e. The Labute approximate surface area is 227 Å². The summed E-state index contributed by atoms with van der Waals surface area (Å²) in [5, 5.41) is 7.09. The minimum absolute atomic E-state index is 0.212. The van der Waals surface area contributed by atoms with E-state index in [4.69, 9.17) is 34.8 Å². The van der Waals surface area contributed by atoms with Crippen molar-refractivity contribution in [2.75, 3.05) is 17.2 Å². The number of fused-ring (bicyclic) bond motifs is 7. The van der Waals surface area contributed by atoms with Crippen molar-refractivity contribution in [3.8, 4) is 0 Å². The molecule has 4 aliphatic rings. The molecule has 2 N–H and O–H groups in total. The highest BCUT2D eigenvalue weighted by atomic mass is 35.5. The molecule has 0 bridgehead atoms. The highest BCUT2D eigenvalue weighted by Gasteiger charge is 2.81. The molecule has 0 aromatic heterocycles. The van der Waals surface area contributed by atoms with Gasteiger partial charge in [-0.25, -0.2) is 0 Å². The van der Waals surface area contributed by atoms with Gasteiger partial charge in [0.05, 0.1) is 10.9 Å². The highest BCUT2D eigenvalue weighted by Crippen LogP contribution is 2.68. The van der Waals surface area contributed by atoms with Crippen molar-refractivity contribution in [2.24, 2.45) is 5.92 Å². The number of amides is 2. The fraction of sp³-hybridized carbons (Fsp3) is 0.250. The Morgan fingerprint density at radius 3 is 2.38 bits per heavy atom. The van der Waals surface area contributed by atoms with Crippen LogP contribution in [0.2, 0.25) is 15.1 Å². The summed E-state index contributed by atoms with van der Waals surface area (Å²) in [6, 6.07) is 16.9. The van der Waals surface area contributed by atoms with Crippen molar-refractivity contribution in [1.82, 2.24) is 4.90 Å². The third-order valence-electron chi connectivity index (χ3n) is 8.54. The zero-order valence-electron chi connectivity index (χ0n) is 19.4. The minimum Gasteiger partial charge on any atom is -0.325 e. The second kappa shape index (κ2) is 7.81. The van der Waals surface area contributed by atoms with E-state index in [9.17, 15) is 14.4 Å². The number of hydrogen-bond donors (Lipinski definition) is 2. The molecule has 6 nitrogen and oxygen atoms in total. The van der Waals surface area contributed by atoms with Crippen LogP contribution in [0.5, 0.6) is 0 Å². The Balaban J connectivity index is 1.60. The lowest BCUT2D eigenvalue weighted by molar-refractivity contribution is -0.137. The van der Waals surface area contributed by atoms with Crippen LogP contribution in [0.15, 0.2) is 60.7 Å². The van der Waals surface area contributed by atoms with Crippen molar-refractivity contribution in [1.29, 1.82) is 0 Å². The van der Waals surface area contributed by atoms with Gasteiger partial charge in [-0.15, -0.1) is 0 Å². The summed E-state index contributed by atoms with van der Waals surface area (Å²) in [7, 11) is 0. The lowest BCUT2D eigenvalue weighted by Gasteiger charge is -2.43. The fourth-order valence-corrected chi connectivity index (χ4v) is 8.08. The minimum atomic E-state index is -1.55. The van der Waals surface area contributed by atoms with Gasteiger partial charge in [-0.2, -0.15) is 0 Å². The van der Waals surface area contributed by atoms with Gasteiger partial charge in [0.25, 0.3) is 5.91 Å². The molecule has 2 saturated heterocycles. The zero-order chi connectivity index (χ0) is 25.7. The van der Waals surface area contributed by atoms with Crippen molar-refractivity contribution in [3.63, 3.8) is 0 Å². The summed E-state index contributed by atoms with van der Waals surface area (Å²) in [5.74, 6) is -1.88. The second-order valence-electron chi connectivity index (χ2n) is 10.0. The van der Waals surface area contributed by atoms with E-state index in [1.807, 2.05) is 24.3 Å². The molecule has 0 saturated carbocycles. The van der Waals surface area contributed by atoms with E-state index in [1.54, 1.807) is 30.3 Å². The number of benzene rings is 3. The van der Waals surface area contributed by atoms with E-state index in [2.05, 4.69) is 15.5 Å². The van der Waals surface area contributed by atoms with Crippen LogP contribution < -0.4 is 10.6 Å². The van der Waals surface area contributed by atoms with Crippen molar-refractivity contribution in [3.05, 3.63) is 92.4 Å². The van der Waals surface area contributed by atoms with Gasteiger partial charge in [-0.1, -0.05) is 53.0 Å². The number of nitrogens with one attached hydrogen (secondary N) is 2. The fourth-order valence-electron chi connectivity index (χ4n) is 7.41. The van der Waals surface area contributed by atoms with Crippen LogP contribution in [-0.2, 0) is 20.5 Å². The molecule has 186 valence electrons. The molecular weight excluding hydrogens is 533 g/mol. The third kappa shape index (κ3) is 2.69. The molecule has 9 heteroatoms. The van der Waals surface area contributed by atoms with Gasteiger partial charge in [-0.3, -0.25) is 19.3 Å². The average molecular weight is 553 g/mol. The zero-order valence-corrected chi connectivity index (χ0v) is 21.6. The maximum atomic E-state index is 14.6. The lowest BCUT2D eigenvalue weighted by atomic mass is 9.57. The van der Waals surface area contributed by atoms with Crippen LogP contribution in [0.3, 0.4) is 0 Å². The Hall–Kier alpha value is -2.90. The standard InChI is InChI=1S/C28H20Cl3N3O3/c29-14-8-10-21-18(12-14)28(26(37)33-21)27(17-4-1-2-5-20(17)32-25(27)36)23(22-6-3-11-34(22)28)24(35)16-9-7-15(30)13-19(16)31/h1-2,4-5,7-10,12-13,22-23H,3,6,11H2,(H,32,36)(H,33,37)/t22-,23-,27-,28-/m0/s1. The van der Waals surface area contributed by atoms with Crippen molar-refractivity contribution in [2.45, 2.75) is 29.8 Å². The van der Waals surface area contributed by atoms with Gasteiger partial charge in [0.15, 0.2) is 5.78 Å². The number of halogens is 3. The first-order chi connectivity index (χ1) is 17.8. The number of hydrogen-bond acceptors (Lipinski definition) is 4. The average Bonchev–Trinajstić information content (AvgIpc) is 3.58. The maximum Gasteiger partial charge on any atom is 0.251 e. The number of nitrogens with zero attached hydrogens (tertiary/aromatic N) is 1. The van der Waals surface area contributed by atoms with Gasteiger partial charge < -0.3 is 10.6 Å². The summed E-state index contributed by atoms with van der Waals surface area (Å²) in [6.07, 6.45) is 1.44. The van der Waals surface area contributed by atoms with Gasteiger partial charge in [-0.05, 0) is 67.4 Å². The van der Waals surface area contributed by atoms with E-state index < -0.39 is 16.9 Å². The smallest absolute Gasteiger partial charge is 0.251 e. The molecule has 0 unspecified atom stereocenters. The molecule has 2 fully saturated rings. The normalized spacial score (nSPS) is 29.4. The monoisotopic (exact) mass is 551 g/mol. The molecule has 4 heterocycles. The number of carbonyl (C=O) groups is 3. The molecular formula is C28H20Cl3N3O3. The first kappa shape index (κ1) is 23.2. The molecule has 0 aliphatic carbocycles. The first-order valence-corrected chi connectivity index (χ1v) is 13.2. The number of para-hydroxylation sites is 1. The third-order valence-corrected chi connectivity index (χ3v) is 9.32. The number of rotatable bonds is 2. The van der Waals surface area contributed by atoms with Crippen LogP contribution in [0, 0.1) is 5.92 Å². The van der Waals surface area contributed by atoms with Crippen LogP contribution in [0.1, 0.15) is 34.3 Å². The van der Waals surface area contributed by atoms with E-state index in [-0.39, 0.29) is 34.2 Å². The number of ketones is 1. The molecule has 2 spiro atoms. The first-order valence-electron chi connectivity index (χ1n) is 12.1. The molecule has 0 radical (unpaired) electrons. The molecule has 4 atom stereocenters. The predicted molar refractivity (Wildman–Crippen MR) is 143 cm³/mol. The SMILES string of the molecule is O=C(c1ccc(Cl)cc1Cl)[C@@H]1[C@@H]2CCCN2[C@@]2(C(=O)Nc3ccc(Cl)cc32)[C@]12C(=O)Nc1ccccc12. The Morgan fingerprint density at radius 2 is 1.57 bits per heavy atom. The van der Waals surface area contributed by atoms with E-state index in [0.29, 0.717) is 45.5 Å². The van der Waals surface area contributed by atoms with Gasteiger partial charge in [0.2, 0.25) is 5.91 Å². The van der Waals surface area contributed by atoms with Crippen LogP contribution in [-0.4, -0.2) is 35.1 Å². The van der Waals surface area contributed by atoms with Crippen LogP contribution in [0.25, 0.3) is 0 Å². The molecule has 3 aromatic rings. The van der Waals surface area contributed by atoms with Gasteiger partial charge in [0.1, 0.15) is 11.0 Å². The van der Waals surface area contributed by atoms with Gasteiger partial charge >= 0.3 is 0 Å². The maximum absolute atomic E-state index is 14.6. The van der Waals surface area contributed by atoms with E-state index >= 15 is 0 Å². The van der Waals surface area contributed by atoms with Crippen molar-refractivity contribution >= 4 is 63.8 Å². The van der Waals surface area contributed by atoms with Crippen molar-refractivity contribution < 1.29 is 14.4 Å². The summed E-state index contributed by atoms with van der Waals surface area (Å²) in [6.45, 7) is 0.555. The quantitative estimate of drug-likeness (QED) is 0.402. The Kier molecular flexibility index (Phi) is 4.90. The summed E-state index contributed by atoms with van der Waals surface area (Å²) < 4.78 is 0. The molecule has 7 rings (SSSR count). The molecule has 2 amide bonds. The van der Waals surface area contributed by atoms with E-state index in [1.165, 1.54) is 6.07 Å². The van der Waals surface area contributed by atoms with E-state index in [0.717, 1.165) is 6.42 Å². The summed E-state index contributed by atoms with van der Waals surface area (Å²) in [5.41, 5.74) is -0.312. The Bertz CT molecular complexity index is 1560. The molecule has 3 aromatic carbocycles. The van der Waals surface area contributed by atoms with Crippen LogP contribution in [0.4, 0.5) is 11.4 Å². The number of carbonyl (C=O) groups excluding carboxylic acids is 3. The van der Waals surface area contributed by atoms with Crippen LogP contribution >= 0.6 is 34.8 Å². The predicted octanol–water partition coefficient (Wildman–Crippen LogP) is 5.66. The molecule has 37 heavy (non-hydrogen) atoms. The summed E-state index contributed by atoms with van der Waals surface area (Å²) in [4.78, 5) is 45.4. The summed E-state index contributed by atoms with van der Waals surface area (Å²) >= 11 is 19.2. The number of Topliss-reactive ketones (excluding diaryl/α,β-unsaturated/α-hetero) is 1. The Morgan fingerprint density at radius 1 is 0.865 bits per heavy atom. The van der Waals surface area contributed by atoms with Gasteiger partial charge in [0, 0.05) is 38.6 Å². The lowest BCUT2D eigenvalue weighted by Crippen LogP contribution is -2.62. The number of anilines is 2. The second-order valence-corrected chi connectivity index (χ2v) is 11.3.